The first-order chi connectivity index (χ1) is 11.1. The van der Waals surface area contributed by atoms with Crippen LogP contribution in [-0.2, 0) is 10.0 Å². The van der Waals surface area contributed by atoms with Crippen molar-refractivity contribution >= 4 is 27.9 Å². The Labute approximate surface area is 141 Å². The fourth-order valence-corrected chi connectivity index (χ4v) is 5.02. The molecule has 23 heavy (non-hydrogen) atoms. The lowest BCUT2D eigenvalue weighted by Crippen LogP contribution is -2.31. The first kappa shape index (κ1) is 16.4. The molecule has 1 saturated heterocycles. The highest BCUT2D eigenvalue weighted by molar-refractivity contribution is 7.99. The molecule has 0 saturated carbocycles. The zero-order valence-corrected chi connectivity index (χ0v) is 14.3. The maximum absolute atomic E-state index is 12.5. The Morgan fingerprint density at radius 3 is 2.70 bits per heavy atom. The van der Waals surface area contributed by atoms with Crippen LogP contribution in [-0.4, -0.2) is 31.6 Å². The van der Waals surface area contributed by atoms with Gasteiger partial charge in [-0.2, -0.15) is 4.31 Å². The summed E-state index contributed by atoms with van der Waals surface area (Å²) in [7, 11) is -3.39. The van der Waals surface area contributed by atoms with Crippen molar-refractivity contribution in [2.24, 2.45) is 0 Å². The van der Waals surface area contributed by atoms with Crippen molar-refractivity contribution in [3.63, 3.8) is 0 Å². The summed E-state index contributed by atoms with van der Waals surface area (Å²) in [5.74, 6) is 1.69. The van der Waals surface area contributed by atoms with Crippen molar-refractivity contribution in [1.29, 1.82) is 0 Å². The number of sulfonamides is 1. The fraction of sp³-hybridized carbons (Fsp3) is 0.294. The third kappa shape index (κ3) is 4.28. The molecule has 1 aromatic heterocycles. The van der Waals surface area contributed by atoms with E-state index in [1.165, 1.54) is 5.41 Å². The highest BCUT2D eigenvalue weighted by Gasteiger charge is 2.26. The highest BCUT2D eigenvalue weighted by Crippen LogP contribution is 2.35. The molecule has 0 spiro atoms. The summed E-state index contributed by atoms with van der Waals surface area (Å²) in [6, 6.07) is 13.3. The number of rotatable bonds is 4. The zero-order valence-electron chi connectivity index (χ0n) is 12.7. The molecule has 3 rings (SSSR count). The lowest BCUT2D eigenvalue weighted by atomic mass is 10.2. The molecule has 0 unspecified atom stereocenters. The van der Waals surface area contributed by atoms with Crippen LogP contribution in [0.15, 0.2) is 58.6 Å². The molecule has 4 nitrogen and oxygen atoms in total. The first-order valence-electron chi connectivity index (χ1n) is 7.53. The van der Waals surface area contributed by atoms with Crippen molar-refractivity contribution < 1.29 is 12.8 Å². The van der Waals surface area contributed by atoms with Gasteiger partial charge in [-0.15, -0.1) is 11.8 Å². The van der Waals surface area contributed by atoms with Crippen LogP contribution < -0.4 is 0 Å². The van der Waals surface area contributed by atoms with Crippen molar-refractivity contribution in [2.45, 2.75) is 11.7 Å². The number of nitrogens with zero attached hydrogens (tertiary/aromatic N) is 1. The Bertz CT molecular complexity index is 739. The number of benzene rings is 1. The summed E-state index contributed by atoms with van der Waals surface area (Å²) in [4.78, 5) is 0. The maximum atomic E-state index is 12.5. The average Bonchev–Trinajstić information content (AvgIpc) is 2.98. The van der Waals surface area contributed by atoms with E-state index in [2.05, 4.69) is 0 Å². The smallest absolute Gasteiger partial charge is 0.236 e. The van der Waals surface area contributed by atoms with Crippen LogP contribution in [0.25, 0.3) is 6.08 Å². The van der Waals surface area contributed by atoms with Gasteiger partial charge in [-0.1, -0.05) is 30.3 Å². The van der Waals surface area contributed by atoms with Crippen LogP contribution in [0.2, 0.25) is 0 Å². The third-order valence-electron chi connectivity index (χ3n) is 3.75. The van der Waals surface area contributed by atoms with Gasteiger partial charge >= 0.3 is 0 Å². The molecule has 0 aliphatic carbocycles. The summed E-state index contributed by atoms with van der Waals surface area (Å²) in [6.45, 7) is 1.04. The highest BCUT2D eigenvalue weighted by atomic mass is 32.2. The number of thioether (sulfide) groups is 1. The molecule has 6 heteroatoms. The second kappa shape index (κ2) is 7.38. The van der Waals surface area contributed by atoms with Gasteiger partial charge in [0.25, 0.3) is 0 Å². The van der Waals surface area contributed by atoms with E-state index in [1.807, 2.05) is 42.5 Å². The van der Waals surface area contributed by atoms with Gasteiger partial charge in [0.2, 0.25) is 10.0 Å². The van der Waals surface area contributed by atoms with E-state index in [9.17, 15) is 8.42 Å². The number of hydrogen-bond acceptors (Lipinski definition) is 4. The maximum Gasteiger partial charge on any atom is 0.236 e. The van der Waals surface area contributed by atoms with Gasteiger partial charge in [-0.3, -0.25) is 0 Å². The van der Waals surface area contributed by atoms with E-state index in [0.29, 0.717) is 13.1 Å². The summed E-state index contributed by atoms with van der Waals surface area (Å²) in [6.07, 6.45) is 4.08. The molecule has 2 heterocycles. The number of hydrogen-bond donors (Lipinski definition) is 0. The van der Waals surface area contributed by atoms with Crippen LogP contribution in [0, 0.1) is 0 Å². The van der Waals surface area contributed by atoms with Gasteiger partial charge in [0.05, 0.1) is 11.5 Å². The Morgan fingerprint density at radius 2 is 1.96 bits per heavy atom. The van der Waals surface area contributed by atoms with Gasteiger partial charge < -0.3 is 4.42 Å². The van der Waals surface area contributed by atoms with E-state index >= 15 is 0 Å². The lowest BCUT2D eigenvalue weighted by Gasteiger charge is -2.17. The molecule has 1 fully saturated rings. The van der Waals surface area contributed by atoms with Crippen molar-refractivity contribution in [2.75, 3.05) is 18.8 Å². The fourth-order valence-electron chi connectivity index (χ4n) is 2.52. The van der Waals surface area contributed by atoms with Crippen LogP contribution in [0.5, 0.6) is 0 Å². The normalized spacial score (nSPS) is 20.6. The Balaban J connectivity index is 1.67. The van der Waals surface area contributed by atoms with E-state index in [-0.39, 0.29) is 5.25 Å². The van der Waals surface area contributed by atoms with E-state index < -0.39 is 10.0 Å². The van der Waals surface area contributed by atoms with Gasteiger partial charge in [-0.05, 0) is 30.2 Å². The molecule has 0 radical (unpaired) electrons. The van der Waals surface area contributed by atoms with Crippen molar-refractivity contribution in [1.82, 2.24) is 4.31 Å². The predicted molar refractivity (Wildman–Crippen MR) is 94.5 cm³/mol. The molecule has 0 N–H and O–H groups in total. The van der Waals surface area contributed by atoms with Crippen LogP contribution in [0.3, 0.4) is 0 Å². The van der Waals surface area contributed by atoms with Gasteiger partial charge in [0, 0.05) is 24.3 Å². The second-order valence-corrected chi connectivity index (χ2v) is 8.45. The van der Waals surface area contributed by atoms with Crippen LogP contribution >= 0.6 is 11.8 Å². The zero-order chi connectivity index (χ0) is 16.1. The topological polar surface area (TPSA) is 50.5 Å². The molecule has 0 bridgehead atoms. The molecule has 2 aromatic rings. The molecule has 1 aromatic carbocycles. The van der Waals surface area contributed by atoms with Crippen molar-refractivity contribution in [3.05, 3.63) is 65.5 Å². The molecule has 122 valence electrons. The Morgan fingerprint density at radius 1 is 1.13 bits per heavy atom. The monoisotopic (exact) mass is 349 g/mol. The Kier molecular flexibility index (Phi) is 5.25. The van der Waals surface area contributed by atoms with Crippen molar-refractivity contribution in [3.8, 4) is 0 Å². The van der Waals surface area contributed by atoms with Crippen LogP contribution in [0.1, 0.15) is 23.0 Å². The minimum absolute atomic E-state index is 0.225. The van der Waals surface area contributed by atoms with Gasteiger partial charge in [-0.25, -0.2) is 8.42 Å². The van der Waals surface area contributed by atoms with Gasteiger partial charge in [0.15, 0.2) is 0 Å². The number of furan rings is 1. The quantitative estimate of drug-likeness (QED) is 0.843. The minimum atomic E-state index is -3.39. The van der Waals surface area contributed by atoms with E-state index in [0.717, 1.165) is 23.5 Å². The predicted octanol–water partition coefficient (Wildman–Crippen LogP) is 3.76. The molecular formula is C17H19NO3S2. The largest absolute Gasteiger partial charge is 0.468 e. The summed E-state index contributed by atoms with van der Waals surface area (Å²) in [5, 5.41) is 1.53. The third-order valence-corrected chi connectivity index (χ3v) is 6.61. The Hall–Kier alpha value is -1.50. The lowest BCUT2D eigenvalue weighted by molar-refractivity contribution is 0.422. The molecule has 0 amide bonds. The summed E-state index contributed by atoms with van der Waals surface area (Å²) < 4.78 is 32.0. The minimum Gasteiger partial charge on any atom is -0.468 e. The molecule has 1 aliphatic heterocycles. The first-order valence-corrected chi connectivity index (χ1v) is 10.1. The summed E-state index contributed by atoms with van der Waals surface area (Å²) >= 11 is 1.75. The van der Waals surface area contributed by atoms with Gasteiger partial charge in [0.1, 0.15) is 5.76 Å². The van der Waals surface area contributed by atoms with Crippen LogP contribution in [0.4, 0.5) is 0 Å². The molecule has 1 atom stereocenters. The van der Waals surface area contributed by atoms with E-state index in [1.54, 1.807) is 28.4 Å². The molecular weight excluding hydrogens is 330 g/mol. The standard InChI is InChI=1S/C17H19NO3S2/c19-23(20,14-9-15-5-2-1-3-6-15)18-10-8-17(22-13-11-18)16-7-4-12-21-16/h1-7,9,12,14,17H,8,10-11,13H2/b14-9+/t17-/m1/s1. The average molecular weight is 349 g/mol. The van der Waals surface area contributed by atoms with E-state index in [4.69, 9.17) is 4.42 Å². The SMILES string of the molecule is O=S(=O)(/C=C/c1ccccc1)N1CCS[C@@H](c2ccco2)CC1. The molecule has 1 aliphatic rings. The second-order valence-electron chi connectivity index (χ2n) is 5.32. The summed E-state index contributed by atoms with van der Waals surface area (Å²) in [5.41, 5.74) is 0.883.